The van der Waals surface area contributed by atoms with Crippen LogP contribution in [0.5, 0.6) is 0 Å². The SMILES string of the molecule is CC1CCN(C(=O)c2cccc3c2CCCN3)C(CN)C1. The number of hydrogen-bond acceptors (Lipinski definition) is 3. The highest BCUT2D eigenvalue weighted by atomic mass is 16.2. The molecule has 2 aliphatic heterocycles. The lowest BCUT2D eigenvalue weighted by Crippen LogP contribution is -2.49. The van der Waals surface area contributed by atoms with E-state index in [-0.39, 0.29) is 11.9 Å². The van der Waals surface area contributed by atoms with Crippen LogP contribution in [0.25, 0.3) is 0 Å². The van der Waals surface area contributed by atoms with Crippen LogP contribution in [0.15, 0.2) is 18.2 Å². The first-order valence-corrected chi connectivity index (χ1v) is 8.07. The van der Waals surface area contributed by atoms with Gasteiger partial charge in [0.2, 0.25) is 0 Å². The fourth-order valence-electron chi connectivity index (χ4n) is 3.61. The van der Waals surface area contributed by atoms with Gasteiger partial charge in [0.25, 0.3) is 5.91 Å². The zero-order chi connectivity index (χ0) is 14.8. The van der Waals surface area contributed by atoms with Crippen molar-refractivity contribution in [2.75, 3.05) is 25.0 Å². The Bertz CT molecular complexity index is 529. The summed E-state index contributed by atoms with van der Waals surface area (Å²) in [4.78, 5) is 15.0. The molecular weight excluding hydrogens is 262 g/mol. The molecule has 3 N–H and O–H groups in total. The lowest BCUT2D eigenvalue weighted by molar-refractivity contribution is 0.0572. The minimum absolute atomic E-state index is 0.165. The third kappa shape index (κ3) is 2.77. The Hall–Kier alpha value is -1.55. The maximum atomic E-state index is 13.0. The smallest absolute Gasteiger partial charge is 0.254 e. The highest BCUT2D eigenvalue weighted by Crippen LogP contribution is 2.29. The Balaban J connectivity index is 1.88. The van der Waals surface area contributed by atoms with Crippen LogP contribution in [0.1, 0.15) is 42.1 Å². The maximum absolute atomic E-state index is 13.0. The Morgan fingerprint density at radius 3 is 3.14 bits per heavy atom. The number of benzene rings is 1. The topological polar surface area (TPSA) is 58.4 Å². The Labute approximate surface area is 126 Å². The average molecular weight is 287 g/mol. The summed E-state index contributed by atoms with van der Waals surface area (Å²) >= 11 is 0. The number of carbonyl (C=O) groups excluding carboxylic acids is 1. The van der Waals surface area contributed by atoms with Crippen molar-refractivity contribution in [2.45, 2.75) is 38.6 Å². The average Bonchev–Trinajstić information content (AvgIpc) is 2.53. The number of rotatable bonds is 2. The molecule has 0 saturated carbocycles. The second-order valence-corrected chi connectivity index (χ2v) is 6.38. The first kappa shape index (κ1) is 14.4. The van der Waals surface area contributed by atoms with Gasteiger partial charge in [-0.15, -0.1) is 0 Å². The maximum Gasteiger partial charge on any atom is 0.254 e. The van der Waals surface area contributed by atoms with E-state index in [1.807, 2.05) is 17.0 Å². The number of hydrogen-bond donors (Lipinski definition) is 2. The van der Waals surface area contributed by atoms with Crippen LogP contribution in [0.4, 0.5) is 5.69 Å². The molecule has 3 rings (SSSR count). The van der Waals surface area contributed by atoms with Crippen molar-refractivity contribution in [3.63, 3.8) is 0 Å². The van der Waals surface area contributed by atoms with Crippen molar-refractivity contribution in [1.29, 1.82) is 0 Å². The molecule has 1 aromatic rings. The Morgan fingerprint density at radius 1 is 1.48 bits per heavy atom. The van der Waals surface area contributed by atoms with Gasteiger partial charge >= 0.3 is 0 Å². The number of fused-ring (bicyclic) bond motifs is 1. The number of nitrogens with two attached hydrogens (primary N) is 1. The van der Waals surface area contributed by atoms with E-state index in [2.05, 4.69) is 18.3 Å². The fourth-order valence-corrected chi connectivity index (χ4v) is 3.61. The van der Waals surface area contributed by atoms with Crippen LogP contribution in [0.3, 0.4) is 0 Å². The molecule has 2 unspecified atom stereocenters. The molecule has 4 heteroatoms. The van der Waals surface area contributed by atoms with Crippen molar-refractivity contribution >= 4 is 11.6 Å². The van der Waals surface area contributed by atoms with E-state index in [4.69, 9.17) is 5.73 Å². The van der Waals surface area contributed by atoms with E-state index in [9.17, 15) is 4.79 Å². The van der Waals surface area contributed by atoms with Crippen molar-refractivity contribution in [2.24, 2.45) is 11.7 Å². The second kappa shape index (κ2) is 6.06. The minimum Gasteiger partial charge on any atom is -0.385 e. The predicted molar refractivity (Wildman–Crippen MR) is 85.5 cm³/mol. The normalized spacial score (nSPS) is 25.1. The van der Waals surface area contributed by atoms with Gasteiger partial charge in [-0.1, -0.05) is 13.0 Å². The molecule has 1 amide bonds. The van der Waals surface area contributed by atoms with Gasteiger partial charge < -0.3 is 16.0 Å². The molecule has 2 atom stereocenters. The highest BCUT2D eigenvalue weighted by Gasteiger charge is 2.31. The van der Waals surface area contributed by atoms with Gasteiger partial charge in [0.15, 0.2) is 0 Å². The number of nitrogens with zero attached hydrogens (tertiary/aromatic N) is 1. The summed E-state index contributed by atoms with van der Waals surface area (Å²) in [5.74, 6) is 0.826. The summed E-state index contributed by atoms with van der Waals surface area (Å²) in [5.41, 5.74) is 9.08. The predicted octanol–water partition coefficient (Wildman–Crippen LogP) is 2.24. The first-order chi connectivity index (χ1) is 10.2. The summed E-state index contributed by atoms with van der Waals surface area (Å²) in [6.07, 6.45) is 4.18. The minimum atomic E-state index is 0.165. The molecule has 1 aromatic carbocycles. The summed E-state index contributed by atoms with van der Waals surface area (Å²) in [6.45, 7) is 4.64. The van der Waals surface area contributed by atoms with Gasteiger partial charge in [-0.25, -0.2) is 0 Å². The molecule has 0 aliphatic carbocycles. The molecule has 0 aromatic heterocycles. The Morgan fingerprint density at radius 2 is 2.33 bits per heavy atom. The van der Waals surface area contributed by atoms with E-state index in [1.165, 1.54) is 5.56 Å². The fraction of sp³-hybridized carbons (Fsp3) is 0.588. The third-order valence-electron chi connectivity index (χ3n) is 4.84. The van der Waals surface area contributed by atoms with Gasteiger partial charge in [-0.3, -0.25) is 4.79 Å². The Kier molecular flexibility index (Phi) is 4.15. The standard InChI is InChI=1S/C17H25N3O/c1-12-7-9-20(13(10-12)11-18)17(21)15-4-2-6-16-14(15)5-3-8-19-16/h2,4,6,12-13,19H,3,5,7-11,18H2,1H3. The number of piperidine rings is 1. The number of anilines is 1. The summed E-state index contributed by atoms with van der Waals surface area (Å²) in [7, 11) is 0. The zero-order valence-corrected chi connectivity index (χ0v) is 12.8. The quantitative estimate of drug-likeness (QED) is 0.877. The van der Waals surface area contributed by atoms with Crippen LogP contribution in [0.2, 0.25) is 0 Å². The summed E-state index contributed by atoms with van der Waals surface area (Å²) in [5, 5.41) is 3.40. The van der Waals surface area contributed by atoms with Crippen LogP contribution in [-0.4, -0.2) is 36.5 Å². The van der Waals surface area contributed by atoms with Gasteiger partial charge in [0.1, 0.15) is 0 Å². The third-order valence-corrected chi connectivity index (χ3v) is 4.84. The van der Waals surface area contributed by atoms with Gasteiger partial charge in [0.05, 0.1) is 0 Å². The lowest BCUT2D eigenvalue weighted by atomic mass is 9.90. The van der Waals surface area contributed by atoms with Crippen LogP contribution >= 0.6 is 0 Å². The van der Waals surface area contributed by atoms with Gasteiger partial charge in [-0.05, 0) is 49.3 Å². The largest absolute Gasteiger partial charge is 0.385 e. The first-order valence-electron chi connectivity index (χ1n) is 8.07. The second-order valence-electron chi connectivity index (χ2n) is 6.38. The number of amides is 1. The van der Waals surface area contributed by atoms with Crippen molar-refractivity contribution < 1.29 is 4.79 Å². The van der Waals surface area contributed by atoms with Crippen LogP contribution in [0, 0.1) is 5.92 Å². The molecule has 4 nitrogen and oxygen atoms in total. The molecular formula is C17H25N3O. The molecule has 2 heterocycles. The van der Waals surface area contributed by atoms with Gasteiger partial charge in [-0.2, -0.15) is 0 Å². The van der Waals surface area contributed by atoms with E-state index in [0.717, 1.165) is 50.0 Å². The van der Waals surface area contributed by atoms with Gasteiger partial charge in [0, 0.05) is 36.9 Å². The van der Waals surface area contributed by atoms with E-state index < -0.39 is 0 Å². The van der Waals surface area contributed by atoms with Crippen LogP contribution in [-0.2, 0) is 6.42 Å². The highest BCUT2D eigenvalue weighted by molar-refractivity contribution is 5.97. The monoisotopic (exact) mass is 287 g/mol. The molecule has 1 saturated heterocycles. The zero-order valence-electron chi connectivity index (χ0n) is 12.8. The van der Waals surface area contributed by atoms with Crippen molar-refractivity contribution in [3.05, 3.63) is 29.3 Å². The van der Waals surface area contributed by atoms with Crippen molar-refractivity contribution in [3.8, 4) is 0 Å². The van der Waals surface area contributed by atoms with Crippen molar-refractivity contribution in [1.82, 2.24) is 4.90 Å². The summed E-state index contributed by atoms with van der Waals surface area (Å²) in [6, 6.07) is 6.21. The number of likely N-dealkylation sites (tertiary alicyclic amines) is 1. The van der Waals surface area contributed by atoms with Crippen LogP contribution < -0.4 is 11.1 Å². The lowest BCUT2D eigenvalue weighted by Gasteiger charge is -2.38. The molecule has 114 valence electrons. The molecule has 2 aliphatic rings. The summed E-state index contributed by atoms with van der Waals surface area (Å²) < 4.78 is 0. The van der Waals surface area contributed by atoms with E-state index in [1.54, 1.807) is 0 Å². The molecule has 1 fully saturated rings. The molecule has 21 heavy (non-hydrogen) atoms. The molecule has 0 bridgehead atoms. The molecule has 0 radical (unpaired) electrons. The molecule has 0 spiro atoms. The number of nitrogens with one attached hydrogen (secondary N) is 1. The van der Waals surface area contributed by atoms with E-state index >= 15 is 0 Å². The number of carbonyl (C=O) groups is 1. The van der Waals surface area contributed by atoms with E-state index in [0.29, 0.717) is 12.5 Å².